The summed E-state index contributed by atoms with van der Waals surface area (Å²) in [5.41, 5.74) is 1.03. The van der Waals surface area contributed by atoms with Gasteiger partial charge >= 0.3 is 0 Å². The topological polar surface area (TPSA) is 44.4 Å². The molecule has 0 radical (unpaired) electrons. The fraction of sp³-hybridized carbons (Fsp3) is 0.667. The van der Waals surface area contributed by atoms with E-state index in [2.05, 4.69) is 29.4 Å². The van der Waals surface area contributed by atoms with E-state index in [-0.39, 0.29) is 24.3 Å². The Labute approximate surface area is 186 Å². The second-order valence-corrected chi connectivity index (χ2v) is 9.53. The summed E-state index contributed by atoms with van der Waals surface area (Å²) in [5.74, 6) is 0.933. The quantitative estimate of drug-likeness (QED) is 0.634. The summed E-state index contributed by atoms with van der Waals surface area (Å²) in [6.07, 6.45) is 9.35. The van der Waals surface area contributed by atoms with Crippen LogP contribution in [-0.4, -0.2) is 34.5 Å². The van der Waals surface area contributed by atoms with Crippen LogP contribution in [0.5, 0.6) is 0 Å². The lowest BCUT2D eigenvalue weighted by atomic mass is 9.78. The monoisotopic (exact) mass is 433 g/mol. The number of halogens is 1. The minimum atomic E-state index is -0.230. The second-order valence-electron chi connectivity index (χ2n) is 9.15. The third-order valence-electron chi connectivity index (χ3n) is 7.00. The molecule has 2 fully saturated rings. The number of thiocarbonyl (C=S) groups is 1. The first-order valence-corrected chi connectivity index (χ1v) is 11.9. The molecule has 3 rings (SSSR count). The first-order valence-electron chi connectivity index (χ1n) is 11.5. The summed E-state index contributed by atoms with van der Waals surface area (Å²) >= 11 is 5.71. The molecular formula is C24H36FN3OS. The van der Waals surface area contributed by atoms with Crippen LogP contribution in [0.15, 0.2) is 24.3 Å². The van der Waals surface area contributed by atoms with Crippen LogP contribution in [0.1, 0.15) is 70.8 Å². The predicted octanol–water partition coefficient (Wildman–Crippen LogP) is 4.78. The fourth-order valence-corrected chi connectivity index (χ4v) is 5.13. The van der Waals surface area contributed by atoms with Crippen molar-refractivity contribution < 1.29 is 9.18 Å². The number of nitrogens with zero attached hydrogens (tertiary/aromatic N) is 1. The average Bonchev–Trinajstić information content (AvgIpc) is 2.75. The van der Waals surface area contributed by atoms with Crippen LogP contribution in [0.3, 0.4) is 0 Å². The van der Waals surface area contributed by atoms with Crippen molar-refractivity contribution in [2.45, 2.75) is 83.8 Å². The zero-order valence-electron chi connectivity index (χ0n) is 18.3. The molecule has 1 aromatic rings. The van der Waals surface area contributed by atoms with Gasteiger partial charge in [0.2, 0.25) is 5.91 Å². The van der Waals surface area contributed by atoms with Gasteiger partial charge in [0.1, 0.15) is 5.82 Å². The highest BCUT2D eigenvalue weighted by Gasteiger charge is 2.28. The van der Waals surface area contributed by atoms with Crippen molar-refractivity contribution in [3.05, 3.63) is 35.6 Å². The number of hydrogen-bond donors (Lipinski definition) is 2. The molecule has 1 amide bonds. The van der Waals surface area contributed by atoms with Crippen LogP contribution in [-0.2, 0) is 11.3 Å². The Balaban J connectivity index is 1.56. The summed E-state index contributed by atoms with van der Waals surface area (Å²) in [6.45, 7) is 5.34. The molecule has 2 saturated carbocycles. The number of amides is 1. The molecule has 0 saturated heterocycles. The van der Waals surface area contributed by atoms with Crippen LogP contribution in [0.25, 0.3) is 0 Å². The normalized spacial score (nSPS) is 24.8. The van der Waals surface area contributed by atoms with Gasteiger partial charge in [-0.05, 0) is 61.0 Å². The molecule has 2 aliphatic rings. The Morgan fingerprint density at radius 1 is 1.07 bits per heavy atom. The number of rotatable bonds is 6. The molecular weight excluding hydrogens is 397 g/mol. The molecule has 4 nitrogen and oxygen atoms in total. The second kappa shape index (κ2) is 11.1. The van der Waals surface area contributed by atoms with Crippen molar-refractivity contribution in [3.8, 4) is 0 Å². The van der Waals surface area contributed by atoms with Gasteiger partial charge in [0.05, 0.1) is 6.54 Å². The summed E-state index contributed by atoms with van der Waals surface area (Å²) < 4.78 is 13.3. The van der Waals surface area contributed by atoms with Gasteiger partial charge in [0.25, 0.3) is 0 Å². The Hall–Kier alpha value is -1.69. The number of benzene rings is 1. The molecule has 0 unspecified atom stereocenters. The van der Waals surface area contributed by atoms with Crippen LogP contribution in [0, 0.1) is 17.7 Å². The largest absolute Gasteiger partial charge is 0.353 e. The maximum Gasteiger partial charge on any atom is 0.239 e. The highest BCUT2D eigenvalue weighted by molar-refractivity contribution is 7.80. The Morgan fingerprint density at radius 3 is 2.47 bits per heavy atom. The smallest absolute Gasteiger partial charge is 0.239 e. The van der Waals surface area contributed by atoms with E-state index in [1.165, 1.54) is 44.2 Å². The van der Waals surface area contributed by atoms with E-state index in [1.54, 1.807) is 0 Å². The lowest BCUT2D eigenvalue weighted by Gasteiger charge is -2.37. The van der Waals surface area contributed by atoms with Crippen LogP contribution >= 0.6 is 12.2 Å². The van der Waals surface area contributed by atoms with Crippen molar-refractivity contribution in [1.29, 1.82) is 0 Å². The van der Waals surface area contributed by atoms with E-state index in [0.29, 0.717) is 29.5 Å². The van der Waals surface area contributed by atoms with Gasteiger partial charge in [-0.3, -0.25) is 4.79 Å². The van der Waals surface area contributed by atoms with Gasteiger partial charge in [-0.15, -0.1) is 0 Å². The van der Waals surface area contributed by atoms with Crippen molar-refractivity contribution in [1.82, 2.24) is 15.5 Å². The molecule has 166 valence electrons. The molecule has 0 spiro atoms. The molecule has 2 aliphatic carbocycles. The minimum Gasteiger partial charge on any atom is -0.353 e. The average molecular weight is 434 g/mol. The first-order chi connectivity index (χ1) is 14.4. The van der Waals surface area contributed by atoms with E-state index in [1.807, 2.05) is 12.1 Å². The number of carbonyl (C=O) groups excluding carboxylic acids is 1. The molecule has 6 heteroatoms. The van der Waals surface area contributed by atoms with Gasteiger partial charge in [0, 0.05) is 18.6 Å². The van der Waals surface area contributed by atoms with Gasteiger partial charge in [-0.2, -0.15) is 0 Å². The fourth-order valence-electron chi connectivity index (χ4n) is 4.85. The molecule has 0 aliphatic heterocycles. The molecule has 0 aromatic heterocycles. The van der Waals surface area contributed by atoms with Crippen molar-refractivity contribution in [3.63, 3.8) is 0 Å². The van der Waals surface area contributed by atoms with E-state index in [9.17, 15) is 9.18 Å². The van der Waals surface area contributed by atoms with E-state index < -0.39 is 0 Å². The van der Waals surface area contributed by atoms with Gasteiger partial charge < -0.3 is 15.5 Å². The predicted molar refractivity (Wildman–Crippen MR) is 124 cm³/mol. The van der Waals surface area contributed by atoms with Crippen LogP contribution in [0.4, 0.5) is 4.39 Å². The number of hydrogen-bond acceptors (Lipinski definition) is 2. The maximum absolute atomic E-state index is 13.3. The van der Waals surface area contributed by atoms with Crippen molar-refractivity contribution >= 4 is 23.2 Å². The highest BCUT2D eigenvalue weighted by Crippen LogP contribution is 2.29. The zero-order chi connectivity index (χ0) is 21.5. The summed E-state index contributed by atoms with van der Waals surface area (Å²) in [6, 6.07) is 7.23. The van der Waals surface area contributed by atoms with Crippen molar-refractivity contribution in [2.24, 2.45) is 11.8 Å². The summed E-state index contributed by atoms with van der Waals surface area (Å²) in [5, 5.41) is 7.02. The van der Waals surface area contributed by atoms with E-state index in [4.69, 9.17) is 12.2 Å². The Morgan fingerprint density at radius 2 is 1.77 bits per heavy atom. The lowest BCUT2D eigenvalue weighted by molar-refractivity contribution is -0.121. The Kier molecular flexibility index (Phi) is 8.49. The van der Waals surface area contributed by atoms with E-state index in [0.717, 1.165) is 24.8 Å². The van der Waals surface area contributed by atoms with E-state index >= 15 is 0 Å². The Bertz CT molecular complexity index is 705. The third-order valence-corrected chi connectivity index (χ3v) is 7.37. The van der Waals surface area contributed by atoms with Gasteiger partial charge in [-0.1, -0.05) is 58.1 Å². The van der Waals surface area contributed by atoms with Gasteiger partial charge in [0.15, 0.2) is 5.11 Å². The molecule has 2 N–H and O–H groups in total. The minimum absolute atomic E-state index is 0.00803. The summed E-state index contributed by atoms with van der Waals surface area (Å²) in [4.78, 5) is 14.8. The number of nitrogens with one attached hydrogen (secondary N) is 2. The standard InChI is InChI=1S/C24H36FN3OS/c1-17-7-6-10-22(18(17)2)27-23(29)15-26-24(30)28(21-8-4-3-5-9-21)16-19-11-13-20(25)14-12-19/h11-14,17-18,21-22H,3-10,15-16H2,1-2H3,(H,26,30)(H,27,29)/t17-,18-,22-/m1/s1. The number of carbonyl (C=O) groups is 1. The zero-order valence-corrected chi connectivity index (χ0v) is 19.1. The van der Waals surface area contributed by atoms with Gasteiger partial charge in [-0.25, -0.2) is 4.39 Å². The molecule has 1 aromatic carbocycles. The third kappa shape index (κ3) is 6.40. The van der Waals surface area contributed by atoms with Crippen LogP contribution < -0.4 is 10.6 Å². The maximum atomic E-state index is 13.3. The molecule has 3 atom stereocenters. The molecule has 0 bridgehead atoms. The SMILES string of the molecule is C[C@@H]1[C@H](C)CCC[C@H]1NC(=O)CNC(=S)N(Cc1ccc(F)cc1)C1CCCCC1. The first kappa shape index (κ1) is 23.0. The molecule has 30 heavy (non-hydrogen) atoms. The van der Waals surface area contributed by atoms with Crippen LogP contribution in [0.2, 0.25) is 0 Å². The van der Waals surface area contributed by atoms with Crippen molar-refractivity contribution in [2.75, 3.05) is 6.54 Å². The highest BCUT2D eigenvalue weighted by atomic mass is 32.1. The molecule has 0 heterocycles. The lowest BCUT2D eigenvalue weighted by Crippen LogP contribution is -2.51. The summed E-state index contributed by atoms with van der Waals surface area (Å²) in [7, 11) is 0.